The van der Waals surface area contributed by atoms with E-state index < -0.39 is 0 Å². The van der Waals surface area contributed by atoms with Gasteiger partial charge in [0.1, 0.15) is 5.82 Å². The molecule has 0 spiro atoms. The lowest BCUT2D eigenvalue weighted by atomic mass is 10.1. The average molecular weight is 294 g/mol. The normalized spacial score (nSPS) is 12.2. The molecule has 4 heteroatoms. The number of nitrogens with zero attached hydrogens (tertiary/aromatic N) is 1. The van der Waals surface area contributed by atoms with Gasteiger partial charge in [-0.2, -0.15) is 0 Å². The monoisotopic (exact) mass is 293 g/mol. The van der Waals surface area contributed by atoms with Crippen LogP contribution in [-0.4, -0.2) is 12.2 Å². The number of hydrogen-bond acceptors (Lipinski definition) is 2. The molecule has 2 nitrogen and oxygen atoms in total. The third-order valence-electron chi connectivity index (χ3n) is 3.47. The molecule has 0 bridgehead atoms. The molecule has 0 radical (unpaired) electrons. The highest BCUT2D eigenvalue weighted by Crippen LogP contribution is 2.27. The summed E-state index contributed by atoms with van der Waals surface area (Å²) in [4.78, 5) is 1.96. The molecule has 0 heterocycles. The molecule has 0 saturated carbocycles. The summed E-state index contributed by atoms with van der Waals surface area (Å²) < 4.78 is 13.5. The van der Waals surface area contributed by atoms with E-state index in [1.165, 1.54) is 12.1 Å². The SMILES string of the molecule is CC(c1ccc(Cl)cc1)N(C)c1cc(F)cc(CO)c1. The first kappa shape index (κ1) is 14.8. The number of hydrogen-bond donors (Lipinski definition) is 1. The van der Waals surface area contributed by atoms with Crippen LogP contribution in [0.4, 0.5) is 10.1 Å². The van der Waals surface area contributed by atoms with Crippen LogP contribution >= 0.6 is 11.6 Å². The minimum atomic E-state index is -0.346. The molecular weight excluding hydrogens is 277 g/mol. The second-order valence-electron chi connectivity index (χ2n) is 4.81. The van der Waals surface area contributed by atoms with Crippen molar-refractivity contribution >= 4 is 17.3 Å². The van der Waals surface area contributed by atoms with E-state index in [2.05, 4.69) is 0 Å². The van der Waals surface area contributed by atoms with Gasteiger partial charge in [-0.05, 0) is 48.4 Å². The number of aliphatic hydroxyl groups is 1. The quantitative estimate of drug-likeness (QED) is 0.914. The number of halogens is 2. The molecule has 0 amide bonds. The van der Waals surface area contributed by atoms with Gasteiger partial charge in [0.15, 0.2) is 0 Å². The summed E-state index contributed by atoms with van der Waals surface area (Å²) in [6.45, 7) is 1.86. The third kappa shape index (κ3) is 3.30. The topological polar surface area (TPSA) is 23.5 Å². The zero-order chi connectivity index (χ0) is 14.7. The van der Waals surface area contributed by atoms with Gasteiger partial charge < -0.3 is 10.0 Å². The maximum atomic E-state index is 13.5. The van der Waals surface area contributed by atoms with E-state index in [0.29, 0.717) is 10.6 Å². The van der Waals surface area contributed by atoms with Crippen LogP contribution in [0, 0.1) is 5.82 Å². The van der Waals surface area contributed by atoms with Crippen LogP contribution in [0.5, 0.6) is 0 Å². The standard InChI is InChI=1S/C16H17ClFNO/c1-11(13-3-5-14(17)6-4-13)19(2)16-8-12(10-20)7-15(18)9-16/h3-9,11,20H,10H2,1-2H3. The Hall–Kier alpha value is -1.58. The largest absolute Gasteiger partial charge is 0.392 e. The predicted octanol–water partition coefficient (Wildman–Crippen LogP) is 4.17. The van der Waals surface area contributed by atoms with Crippen molar-refractivity contribution < 1.29 is 9.50 Å². The Morgan fingerprint density at radius 2 is 1.85 bits per heavy atom. The van der Waals surface area contributed by atoms with Gasteiger partial charge in [0, 0.05) is 17.8 Å². The molecule has 0 aromatic heterocycles. The van der Waals surface area contributed by atoms with Gasteiger partial charge in [0.05, 0.1) is 12.6 Å². The van der Waals surface area contributed by atoms with Crippen LogP contribution in [0.3, 0.4) is 0 Å². The van der Waals surface area contributed by atoms with Crippen LogP contribution in [-0.2, 0) is 6.61 Å². The summed E-state index contributed by atoms with van der Waals surface area (Å²) in [7, 11) is 1.90. The Labute approximate surface area is 123 Å². The fourth-order valence-corrected chi connectivity index (χ4v) is 2.24. The molecular formula is C16H17ClFNO. The van der Waals surface area contributed by atoms with Crippen molar-refractivity contribution in [2.45, 2.75) is 19.6 Å². The first-order valence-corrected chi connectivity index (χ1v) is 6.77. The molecule has 1 unspecified atom stereocenters. The molecule has 2 aromatic carbocycles. The highest BCUT2D eigenvalue weighted by molar-refractivity contribution is 6.30. The van der Waals surface area contributed by atoms with Gasteiger partial charge in [-0.1, -0.05) is 23.7 Å². The van der Waals surface area contributed by atoms with Crippen LogP contribution < -0.4 is 4.90 Å². The minimum absolute atomic E-state index is 0.0700. The Kier molecular flexibility index (Phi) is 4.63. The minimum Gasteiger partial charge on any atom is -0.392 e. The Bertz CT molecular complexity index is 586. The molecule has 0 aliphatic carbocycles. The van der Waals surface area contributed by atoms with Crippen molar-refractivity contribution in [1.29, 1.82) is 0 Å². The van der Waals surface area contributed by atoms with E-state index in [4.69, 9.17) is 16.7 Å². The summed E-state index contributed by atoms with van der Waals surface area (Å²) >= 11 is 5.88. The van der Waals surface area contributed by atoms with Crippen LogP contribution in [0.1, 0.15) is 24.1 Å². The predicted molar refractivity (Wildman–Crippen MR) is 80.6 cm³/mol. The van der Waals surface area contributed by atoms with E-state index in [1.54, 1.807) is 6.07 Å². The number of benzene rings is 2. The lowest BCUT2D eigenvalue weighted by Crippen LogP contribution is -2.21. The lowest BCUT2D eigenvalue weighted by molar-refractivity contribution is 0.281. The van der Waals surface area contributed by atoms with E-state index in [9.17, 15) is 4.39 Å². The third-order valence-corrected chi connectivity index (χ3v) is 3.72. The van der Waals surface area contributed by atoms with Gasteiger partial charge >= 0.3 is 0 Å². The first-order valence-electron chi connectivity index (χ1n) is 6.40. The summed E-state index contributed by atoms with van der Waals surface area (Å²) in [5, 5.41) is 9.85. The fraction of sp³-hybridized carbons (Fsp3) is 0.250. The summed E-state index contributed by atoms with van der Waals surface area (Å²) in [5.41, 5.74) is 2.39. The van der Waals surface area contributed by atoms with Crippen molar-refractivity contribution in [1.82, 2.24) is 0 Å². The highest BCUT2D eigenvalue weighted by Gasteiger charge is 2.13. The average Bonchev–Trinajstić information content (AvgIpc) is 2.45. The van der Waals surface area contributed by atoms with E-state index in [-0.39, 0.29) is 18.5 Å². The van der Waals surface area contributed by atoms with Crippen molar-refractivity contribution in [2.24, 2.45) is 0 Å². The molecule has 20 heavy (non-hydrogen) atoms. The second kappa shape index (κ2) is 6.25. The van der Waals surface area contributed by atoms with Gasteiger partial charge in [0.2, 0.25) is 0 Å². The number of aliphatic hydroxyl groups excluding tert-OH is 1. The summed E-state index contributed by atoms with van der Waals surface area (Å²) in [5.74, 6) is -0.346. The van der Waals surface area contributed by atoms with Gasteiger partial charge in [-0.3, -0.25) is 0 Å². The van der Waals surface area contributed by atoms with Crippen molar-refractivity contribution in [3.63, 3.8) is 0 Å². The summed E-state index contributed by atoms with van der Waals surface area (Å²) in [6.07, 6.45) is 0. The Morgan fingerprint density at radius 3 is 2.45 bits per heavy atom. The maximum Gasteiger partial charge on any atom is 0.125 e. The molecule has 0 aliphatic rings. The molecule has 0 aliphatic heterocycles. The molecule has 0 saturated heterocycles. The van der Waals surface area contributed by atoms with Crippen LogP contribution in [0.2, 0.25) is 5.02 Å². The molecule has 1 atom stereocenters. The molecule has 2 rings (SSSR count). The highest BCUT2D eigenvalue weighted by atomic mass is 35.5. The molecule has 106 valence electrons. The Balaban J connectivity index is 2.28. The lowest BCUT2D eigenvalue weighted by Gasteiger charge is -2.28. The zero-order valence-corrected chi connectivity index (χ0v) is 12.2. The zero-order valence-electron chi connectivity index (χ0n) is 11.5. The van der Waals surface area contributed by atoms with Gasteiger partial charge in [-0.25, -0.2) is 4.39 Å². The van der Waals surface area contributed by atoms with Gasteiger partial charge in [0.25, 0.3) is 0 Å². The van der Waals surface area contributed by atoms with Crippen molar-refractivity contribution in [2.75, 3.05) is 11.9 Å². The fourth-order valence-electron chi connectivity index (χ4n) is 2.12. The van der Waals surface area contributed by atoms with Gasteiger partial charge in [-0.15, -0.1) is 0 Å². The summed E-state index contributed by atoms with van der Waals surface area (Å²) in [6, 6.07) is 12.2. The van der Waals surface area contributed by atoms with Crippen molar-refractivity contribution in [3.8, 4) is 0 Å². The van der Waals surface area contributed by atoms with E-state index >= 15 is 0 Å². The number of anilines is 1. The van der Waals surface area contributed by atoms with Crippen molar-refractivity contribution in [3.05, 3.63) is 64.4 Å². The maximum absolute atomic E-state index is 13.5. The van der Waals surface area contributed by atoms with Crippen LogP contribution in [0.25, 0.3) is 0 Å². The Morgan fingerprint density at radius 1 is 1.20 bits per heavy atom. The molecule has 0 fully saturated rings. The number of rotatable bonds is 4. The van der Waals surface area contributed by atoms with E-state index in [0.717, 1.165) is 11.3 Å². The van der Waals surface area contributed by atoms with Crippen LogP contribution in [0.15, 0.2) is 42.5 Å². The first-order chi connectivity index (χ1) is 9.51. The second-order valence-corrected chi connectivity index (χ2v) is 5.25. The van der Waals surface area contributed by atoms with E-state index in [1.807, 2.05) is 43.1 Å². The molecule has 1 N–H and O–H groups in total. The smallest absolute Gasteiger partial charge is 0.125 e. The molecule has 2 aromatic rings.